The maximum Gasteiger partial charge on any atom is 0.243 e. The predicted molar refractivity (Wildman–Crippen MR) is 105 cm³/mol. The average molecular weight is 371 g/mol. The zero-order valence-electron chi connectivity index (χ0n) is 16.1. The van der Waals surface area contributed by atoms with E-state index >= 15 is 0 Å². The molecule has 0 saturated carbocycles. The number of rotatable bonds is 5. The van der Waals surface area contributed by atoms with Gasteiger partial charge in [-0.2, -0.15) is 11.8 Å². The van der Waals surface area contributed by atoms with Crippen LogP contribution in [0.5, 0.6) is 0 Å². The summed E-state index contributed by atoms with van der Waals surface area (Å²) < 4.78 is 6.17. The first-order valence-electron chi connectivity index (χ1n) is 9.37. The quantitative estimate of drug-likeness (QED) is 0.570. The first kappa shape index (κ1) is 20.4. The maximum atomic E-state index is 11.9. The number of likely N-dealkylation sites (N-methyl/N-ethyl adjacent to an activating group) is 1. The van der Waals surface area contributed by atoms with Crippen molar-refractivity contribution in [2.24, 2.45) is 10.9 Å². The van der Waals surface area contributed by atoms with Crippen molar-refractivity contribution in [3.05, 3.63) is 0 Å². The van der Waals surface area contributed by atoms with Crippen LogP contribution in [-0.2, 0) is 9.53 Å². The smallest absolute Gasteiger partial charge is 0.243 e. The maximum absolute atomic E-state index is 11.9. The highest BCUT2D eigenvalue weighted by Crippen LogP contribution is 2.37. The molecule has 0 aromatic carbocycles. The van der Waals surface area contributed by atoms with Crippen molar-refractivity contribution in [1.82, 2.24) is 15.5 Å². The third-order valence-corrected chi connectivity index (χ3v) is 5.77. The van der Waals surface area contributed by atoms with E-state index < -0.39 is 0 Å². The van der Waals surface area contributed by atoms with Crippen LogP contribution in [0.4, 0.5) is 0 Å². The monoisotopic (exact) mass is 370 g/mol. The van der Waals surface area contributed by atoms with Gasteiger partial charge >= 0.3 is 0 Å². The summed E-state index contributed by atoms with van der Waals surface area (Å²) in [7, 11) is 3.52. The fourth-order valence-electron chi connectivity index (χ4n) is 3.18. The SMILES string of the molecule is CC(C)CNC(=NCC(=O)N(C)C)NC1CCOC2(CCSCC2)C1. The summed E-state index contributed by atoms with van der Waals surface area (Å²) >= 11 is 2.02. The van der Waals surface area contributed by atoms with Crippen LogP contribution in [0.25, 0.3) is 0 Å². The molecular weight excluding hydrogens is 336 g/mol. The van der Waals surface area contributed by atoms with Crippen molar-refractivity contribution in [1.29, 1.82) is 0 Å². The van der Waals surface area contributed by atoms with Crippen molar-refractivity contribution in [2.45, 2.75) is 51.2 Å². The van der Waals surface area contributed by atoms with Crippen molar-refractivity contribution in [3.8, 4) is 0 Å². The predicted octanol–water partition coefficient (Wildman–Crippen LogP) is 1.71. The zero-order valence-corrected chi connectivity index (χ0v) is 17.0. The minimum Gasteiger partial charge on any atom is -0.375 e. The van der Waals surface area contributed by atoms with Gasteiger partial charge in [0.25, 0.3) is 0 Å². The molecule has 2 rings (SSSR count). The molecule has 2 aliphatic heterocycles. The molecule has 2 heterocycles. The summed E-state index contributed by atoms with van der Waals surface area (Å²) in [4.78, 5) is 17.9. The third kappa shape index (κ3) is 6.70. The second-order valence-corrected chi connectivity index (χ2v) is 8.93. The van der Waals surface area contributed by atoms with Crippen molar-refractivity contribution < 1.29 is 9.53 Å². The lowest BCUT2D eigenvalue weighted by molar-refractivity contribution is -0.127. The summed E-state index contributed by atoms with van der Waals surface area (Å²) in [5.41, 5.74) is 0.0454. The Morgan fingerprint density at radius 3 is 2.72 bits per heavy atom. The van der Waals surface area contributed by atoms with Gasteiger partial charge in [0, 0.05) is 33.3 Å². The molecule has 2 N–H and O–H groups in total. The van der Waals surface area contributed by atoms with Gasteiger partial charge in [-0.25, -0.2) is 4.99 Å². The largest absolute Gasteiger partial charge is 0.375 e. The number of nitrogens with zero attached hydrogens (tertiary/aromatic N) is 2. The lowest BCUT2D eigenvalue weighted by atomic mass is 9.85. The zero-order chi connectivity index (χ0) is 18.3. The van der Waals surface area contributed by atoms with Gasteiger partial charge in [0.1, 0.15) is 6.54 Å². The van der Waals surface area contributed by atoms with E-state index in [0.29, 0.717) is 12.0 Å². The number of guanidine groups is 1. The fraction of sp³-hybridized carbons (Fsp3) is 0.889. The number of aliphatic imine (C=N–C) groups is 1. The summed E-state index contributed by atoms with van der Waals surface area (Å²) in [6.07, 6.45) is 4.29. The molecule has 0 aromatic heterocycles. The molecular formula is C18H34N4O2S. The number of amides is 1. The number of carbonyl (C=O) groups is 1. The van der Waals surface area contributed by atoms with Crippen LogP contribution in [-0.4, -0.2) is 73.7 Å². The van der Waals surface area contributed by atoms with Gasteiger partial charge in [-0.15, -0.1) is 0 Å². The third-order valence-electron chi connectivity index (χ3n) is 4.79. The molecule has 2 saturated heterocycles. The molecule has 144 valence electrons. The van der Waals surface area contributed by atoms with Crippen LogP contribution in [0.2, 0.25) is 0 Å². The molecule has 6 nitrogen and oxygen atoms in total. The highest BCUT2D eigenvalue weighted by atomic mass is 32.2. The average Bonchev–Trinajstić information content (AvgIpc) is 2.57. The van der Waals surface area contributed by atoms with E-state index in [1.165, 1.54) is 11.5 Å². The van der Waals surface area contributed by atoms with E-state index in [4.69, 9.17) is 4.74 Å². The van der Waals surface area contributed by atoms with Crippen molar-refractivity contribution in [2.75, 3.05) is 45.3 Å². The Kier molecular flexibility index (Phi) is 7.87. The number of hydrogen-bond acceptors (Lipinski definition) is 4. The van der Waals surface area contributed by atoms with Crippen LogP contribution < -0.4 is 10.6 Å². The van der Waals surface area contributed by atoms with E-state index in [2.05, 4.69) is 29.5 Å². The van der Waals surface area contributed by atoms with Crippen LogP contribution in [0.1, 0.15) is 39.5 Å². The minimum atomic E-state index is 0.0124. The molecule has 0 aromatic rings. The highest BCUT2D eigenvalue weighted by molar-refractivity contribution is 7.99. The molecule has 0 radical (unpaired) electrons. The summed E-state index contributed by atoms with van der Waals surface area (Å²) in [5.74, 6) is 3.66. The van der Waals surface area contributed by atoms with E-state index in [9.17, 15) is 4.79 Å². The molecule has 2 fully saturated rings. The fourth-order valence-corrected chi connectivity index (χ4v) is 4.41. The lowest BCUT2D eigenvalue weighted by Gasteiger charge is -2.43. The molecule has 1 atom stereocenters. The molecule has 25 heavy (non-hydrogen) atoms. The van der Waals surface area contributed by atoms with Gasteiger partial charge in [0.2, 0.25) is 5.91 Å². The van der Waals surface area contributed by atoms with Crippen LogP contribution >= 0.6 is 11.8 Å². The van der Waals surface area contributed by atoms with Crippen LogP contribution in [0, 0.1) is 5.92 Å². The van der Waals surface area contributed by atoms with Gasteiger partial charge in [-0.1, -0.05) is 13.8 Å². The van der Waals surface area contributed by atoms with E-state index in [0.717, 1.165) is 44.8 Å². The Hall–Kier alpha value is -0.950. The van der Waals surface area contributed by atoms with Crippen molar-refractivity contribution >= 4 is 23.6 Å². The van der Waals surface area contributed by atoms with Crippen molar-refractivity contribution in [3.63, 3.8) is 0 Å². The Balaban J connectivity index is 1.96. The topological polar surface area (TPSA) is 66.0 Å². The van der Waals surface area contributed by atoms with Gasteiger partial charge in [-0.3, -0.25) is 4.79 Å². The molecule has 7 heteroatoms. The Morgan fingerprint density at radius 2 is 2.08 bits per heavy atom. The number of hydrogen-bond donors (Lipinski definition) is 2. The lowest BCUT2D eigenvalue weighted by Crippen LogP contribution is -2.53. The molecule has 0 aliphatic carbocycles. The van der Waals surface area contributed by atoms with Gasteiger partial charge in [0.15, 0.2) is 5.96 Å². The molecule has 1 amide bonds. The van der Waals surface area contributed by atoms with E-state index in [1.54, 1.807) is 19.0 Å². The van der Waals surface area contributed by atoms with Crippen LogP contribution in [0.15, 0.2) is 4.99 Å². The molecule has 0 bridgehead atoms. The molecule has 2 aliphatic rings. The second kappa shape index (κ2) is 9.67. The minimum absolute atomic E-state index is 0.0124. The summed E-state index contributed by atoms with van der Waals surface area (Å²) in [6, 6.07) is 0.352. The Bertz CT molecular complexity index is 456. The molecule has 1 unspecified atom stereocenters. The van der Waals surface area contributed by atoms with Gasteiger partial charge < -0.3 is 20.3 Å². The number of thioether (sulfide) groups is 1. The van der Waals surface area contributed by atoms with E-state index in [1.807, 2.05) is 11.8 Å². The Labute approximate surface area is 156 Å². The summed E-state index contributed by atoms with van der Waals surface area (Å²) in [6.45, 7) is 6.15. The standard InChI is InChI=1S/C18H34N4O2S/c1-14(2)12-19-17(20-13-16(23)22(3)4)21-15-5-8-24-18(11-15)6-9-25-10-7-18/h14-15H,5-13H2,1-4H3,(H2,19,20,21). The van der Waals surface area contributed by atoms with Gasteiger partial charge in [-0.05, 0) is 43.1 Å². The van der Waals surface area contributed by atoms with Gasteiger partial charge in [0.05, 0.1) is 5.60 Å². The number of nitrogens with one attached hydrogen (secondary N) is 2. The Morgan fingerprint density at radius 1 is 1.36 bits per heavy atom. The first-order chi connectivity index (χ1) is 11.9. The summed E-state index contributed by atoms with van der Waals surface area (Å²) in [5, 5.41) is 6.93. The second-order valence-electron chi connectivity index (χ2n) is 7.71. The number of carbonyl (C=O) groups excluding carboxylic acids is 1. The highest BCUT2D eigenvalue weighted by Gasteiger charge is 2.39. The van der Waals surface area contributed by atoms with Crippen LogP contribution in [0.3, 0.4) is 0 Å². The normalized spacial score (nSPS) is 23.6. The molecule has 1 spiro atoms. The van der Waals surface area contributed by atoms with E-state index in [-0.39, 0.29) is 18.1 Å². The first-order valence-corrected chi connectivity index (χ1v) is 10.5. The number of ether oxygens (including phenoxy) is 1.